The highest BCUT2D eigenvalue weighted by molar-refractivity contribution is 9.10. The molecule has 0 aromatic heterocycles. The number of nitro benzene ring substituents is 1. The second-order valence-corrected chi connectivity index (χ2v) is 5.31. The van der Waals surface area contributed by atoms with E-state index in [4.69, 9.17) is 10.5 Å². The summed E-state index contributed by atoms with van der Waals surface area (Å²) in [4.78, 5) is 10.2. The Labute approximate surface area is 114 Å². The van der Waals surface area contributed by atoms with E-state index in [1.807, 2.05) is 0 Å². The van der Waals surface area contributed by atoms with Gasteiger partial charge in [0.1, 0.15) is 11.9 Å². The predicted molar refractivity (Wildman–Crippen MR) is 71.6 cm³/mol. The van der Waals surface area contributed by atoms with Gasteiger partial charge in [0.25, 0.3) is 5.69 Å². The summed E-state index contributed by atoms with van der Waals surface area (Å²) in [5.41, 5.74) is 5.75. The number of ether oxygens (including phenoxy) is 1. The molecule has 6 heteroatoms. The van der Waals surface area contributed by atoms with Crippen LogP contribution in [0.2, 0.25) is 0 Å². The van der Waals surface area contributed by atoms with Gasteiger partial charge in [0.15, 0.2) is 0 Å². The zero-order chi connectivity index (χ0) is 13.1. The van der Waals surface area contributed by atoms with E-state index in [-0.39, 0.29) is 11.8 Å². The summed E-state index contributed by atoms with van der Waals surface area (Å²) in [7, 11) is 0. The second kappa shape index (κ2) is 5.67. The molecule has 0 spiro atoms. The maximum Gasteiger partial charge on any atom is 0.270 e. The third kappa shape index (κ3) is 2.81. The van der Waals surface area contributed by atoms with E-state index in [0.29, 0.717) is 22.7 Å². The first kappa shape index (κ1) is 13.3. The molecule has 0 aliphatic heterocycles. The van der Waals surface area contributed by atoms with Crippen LogP contribution in [0.25, 0.3) is 0 Å². The average molecular weight is 315 g/mol. The van der Waals surface area contributed by atoms with Crippen LogP contribution in [0, 0.1) is 16.0 Å². The maximum absolute atomic E-state index is 10.6. The Morgan fingerprint density at radius 3 is 2.89 bits per heavy atom. The number of nitrogens with two attached hydrogens (primary N) is 1. The van der Waals surface area contributed by atoms with Crippen molar-refractivity contribution in [2.45, 2.75) is 25.4 Å². The molecule has 0 amide bonds. The van der Waals surface area contributed by atoms with E-state index >= 15 is 0 Å². The molecule has 1 fully saturated rings. The fourth-order valence-corrected chi connectivity index (χ4v) is 2.75. The summed E-state index contributed by atoms with van der Waals surface area (Å²) in [6.07, 6.45) is 3.32. The molecule has 2 unspecified atom stereocenters. The standard InChI is InChI=1S/C12H15BrN2O3/c13-10-6-9(15(16)17)4-5-12(10)18-11-3-1-2-8(11)7-14/h4-6,8,11H,1-3,7,14H2. The highest BCUT2D eigenvalue weighted by Gasteiger charge is 2.28. The Bertz CT molecular complexity index is 453. The molecule has 0 bridgehead atoms. The van der Waals surface area contributed by atoms with E-state index < -0.39 is 4.92 Å². The van der Waals surface area contributed by atoms with Crippen molar-refractivity contribution >= 4 is 21.6 Å². The molecule has 0 radical (unpaired) electrons. The molecule has 2 rings (SSSR count). The largest absolute Gasteiger partial charge is 0.489 e. The highest BCUT2D eigenvalue weighted by Crippen LogP contribution is 2.34. The van der Waals surface area contributed by atoms with Gasteiger partial charge in [0.2, 0.25) is 0 Å². The minimum absolute atomic E-state index is 0.0519. The van der Waals surface area contributed by atoms with Gasteiger partial charge < -0.3 is 10.5 Å². The molecule has 0 saturated heterocycles. The first-order valence-electron chi connectivity index (χ1n) is 5.92. The molecule has 1 saturated carbocycles. The van der Waals surface area contributed by atoms with Crippen molar-refractivity contribution in [3.63, 3.8) is 0 Å². The summed E-state index contributed by atoms with van der Waals surface area (Å²) >= 11 is 3.30. The first-order valence-corrected chi connectivity index (χ1v) is 6.71. The second-order valence-electron chi connectivity index (χ2n) is 4.45. The lowest BCUT2D eigenvalue weighted by Crippen LogP contribution is -2.27. The molecule has 98 valence electrons. The lowest BCUT2D eigenvalue weighted by Gasteiger charge is -2.20. The third-order valence-electron chi connectivity index (χ3n) is 3.30. The predicted octanol–water partition coefficient (Wildman–Crippen LogP) is 2.86. The van der Waals surface area contributed by atoms with Crippen molar-refractivity contribution in [3.8, 4) is 5.75 Å². The molecule has 2 atom stereocenters. The topological polar surface area (TPSA) is 78.4 Å². The number of nitro groups is 1. The summed E-state index contributed by atoms with van der Waals surface area (Å²) < 4.78 is 6.51. The molecule has 18 heavy (non-hydrogen) atoms. The van der Waals surface area contributed by atoms with E-state index in [2.05, 4.69) is 15.9 Å². The quantitative estimate of drug-likeness (QED) is 0.684. The van der Waals surface area contributed by atoms with Gasteiger partial charge in [-0.1, -0.05) is 0 Å². The molecular weight excluding hydrogens is 300 g/mol. The Morgan fingerprint density at radius 1 is 1.50 bits per heavy atom. The number of hydrogen-bond acceptors (Lipinski definition) is 4. The molecule has 0 heterocycles. The van der Waals surface area contributed by atoms with E-state index in [9.17, 15) is 10.1 Å². The van der Waals surface area contributed by atoms with E-state index in [1.165, 1.54) is 12.1 Å². The van der Waals surface area contributed by atoms with Gasteiger partial charge in [-0.2, -0.15) is 0 Å². The van der Waals surface area contributed by atoms with Crippen molar-refractivity contribution in [1.82, 2.24) is 0 Å². The van der Waals surface area contributed by atoms with Crippen LogP contribution in [-0.2, 0) is 0 Å². The summed E-state index contributed by atoms with van der Waals surface area (Å²) in [5, 5.41) is 10.6. The first-order chi connectivity index (χ1) is 8.61. The summed E-state index contributed by atoms with van der Waals surface area (Å²) in [6, 6.07) is 4.54. The van der Waals surface area contributed by atoms with Crippen LogP contribution in [-0.4, -0.2) is 17.6 Å². The van der Waals surface area contributed by atoms with Gasteiger partial charge in [0, 0.05) is 18.1 Å². The fourth-order valence-electron chi connectivity index (χ4n) is 2.29. The van der Waals surface area contributed by atoms with Gasteiger partial charge in [-0.3, -0.25) is 10.1 Å². The normalized spacial score (nSPS) is 23.0. The van der Waals surface area contributed by atoms with Gasteiger partial charge in [0.05, 0.1) is 9.40 Å². The van der Waals surface area contributed by atoms with Crippen LogP contribution in [0.4, 0.5) is 5.69 Å². The molecule has 1 aromatic carbocycles. The van der Waals surface area contributed by atoms with Gasteiger partial charge >= 0.3 is 0 Å². The molecule has 1 aliphatic carbocycles. The van der Waals surface area contributed by atoms with E-state index in [0.717, 1.165) is 19.3 Å². The van der Waals surface area contributed by atoms with Crippen LogP contribution in [0.1, 0.15) is 19.3 Å². The Balaban J connectivity index is 2.12. The van der Waals surface area contributed by atoms with Crippen molar-refractivity contribution in [2.24, 2.45) is 11.7 Å². The van der Waals surface area contributed by atoms with Crippen molar-refractivity contribution in [1.29, 1.82) is 0 Å². The monoisotopic (exact) mass is 314 g/mol. The fraction of sp³-hybridized carbons (Fsp3) is 0.500. The number of nitrogens with zero attached hydrogens (tertiary/aromatic N) is 1. The number of benzene rings is 1. The smallest absolute Gasteiger partial charge is 0.270 e. The number of rotatable bonds is 4. The van der Waals surface area contributed by atoms with Crippen LogP contribution in [0.15, 0.2) is 22.7 Å². The van der Waals surface area contributed by atoms with E-state index in [1.54, 1.807) is 6.07 Å². The Morgan fingerprint density at radius 2 is 2.28 bits per heavy atom. The van der Waals surface area contributed by atoms with Crippen LogP contribution >= 0.6 is 15.9 Å². The molecule has 2 N–H and O–H groups in total. The van der Waals surface area contributed by atoms with Gasteiger partial charge in [-0.05, 0) is 47.8 Å². The summed E-state index contributed by atoms with van der Waals surface area (Å²) in [6.45, 7) is 0.620. The lowest BCUT2D eigenvalue weighted by atomic mass is 10.1. The lowest BCUT2D eigenvalue weighted by molar-refractivity contribution is -0.385. The zero-order valence-electron chi connectivity index (χ0n) is 9.84. The summed E-state index contributed by atoms with van der Waals surface area (Å²) in [5.74, 6) is 1.03. The SMILES string of the molecule is NCC1CCCC1Oc1ccc([N+](=O)[O-])cc1Br. The number of halogens is 1. The Kier molecular flexibility index (Phi) is 4.19. The number of non-ortho nitro benzene ring substituents is 1. The van der Waals surface area contributed by atoms with Crippen LogP contribution in [0.5, 0.6) is 5.75 Å². The highest BCUT2D eigenvalue weighted by atomic mass is 79.9. The maximum atomic E-state index is 10.6. The Hall–Kier alpha value is -1.14. The number of hydrogen-bond donors (Lipinski definition) is 1. The minimum atomic E-state index is -0.424. The molecule has 5 nitrogen and oxygen atoms in total. The minimum Gasteiger partial charge on any atom is -0.489 e. The van der Waals surface area contributed by atoms with Crippen LogP contribution < -0.4 is 10.5 Å². The van der Waals surface area contributed by atoms with Crippen molar-refractivity contribution < 1.29 is 9.66 Å². The van der Waals surface area contributed by atoms with Gasteiger partial charge in [-0.25, -0.2) is 0 Å². The van der Waals surface area contributed by atoms with Crippen molar-refractivity contribution in [2.75, 3.05) is 6.54 Å². The molecular formula is C12H15BrN2O3. The van der Waals surface area contributed by atoms with Crippen LogP contribution in [0.3, 0.4) is 0 Å². The third-order valence-corrected chi connectivity index (χ3v) is 3.92. The van der Waals surface area contributed by atoms with Crippen molar-refractivity contribution in [3.05, 3.63) is 32.8 Å². The average Bonchev–Trinajstić information content (AvgIpc) is 2.78. The zero-order valence-corrected chi connectivity index (χ0v) is 11.4. The van der Waals surface area contributed by atoms with Gasteiger partial charge in [-0.15, -0.1) is 0 Å². The molecule has 1 aliphatic rings. The molecule has 1 aromatic rings.